The molecule has 0 atom stereocenters. The van der Waals surface area contributed by atoms with Crippen LogP contribution in [0.4, 0.5) is 27.3 Å². The van der Waals surface area contributed by atoms with E-state index >= 15 is 0 Å². The number of halogens is 1. The molecule has 0 aliphatic carbocycles. The highest BCUT2D eigenvalue weighted by Gasteiger charge is 2.08. The lowest BCUT2D eigenvalue weighted by Crippen LogP contribution is -2.21. The normalized spacial score (nSPS) is 10.4. The van der Waals surface area contributed by atoms with E-state index in [1.165, 1.54) is 24.3 Å². The monoisotopic (exact) mass is 378 g/mol. The van der Waals surface area contributed by atoms with E-state index in [0.29, 0.717) is 17.1 Å². The lowest BCUT2D eigenvalue weighted by Gasteiger charge is -2.21. The van der Waals surface area contributed by atoms with Crippen LogP contribution in [0.2, 0.25) is 0 Å². The maximum Gasteiger partial charge on any atom is 0.255 e. The molecular weight excluding hydrogens is 355 g/mol. The Morgan fingerprint density at radius 1 is 0.964 bits per heavy atom. The van der Waals surface area contributed by atoms with E-state index in [2.05, 4.69) is 46.5 Å². The first-order chi connectivity index (χ1) is 13.6. The van der Waals surface area contributed by atoms with E-state index in [4.69, 9.17) is 0 Å². The quantitative estimate of drug-likeness (QED) is 0.603. The second-order valence-corrected chi connectivity index (χ2v) is 6.23. The summed E-state index contributed by atoms with van der Waals surface area (Å²) < 4.78 is 13.0. The Hall–Kier alpha value is -3.41. The molecule has 0 bridgehead atoms. The van der Waals surface area contributed by atoms with Crippen molar-refractivity contribution in [3.05, 3.63) is 78.2 Å². The molecule has 0 saturated carbocycles. The van der Waals surface area contributed by atoms with Gasteiger partial charge in [-0.05, 0) is 74.5 Å². The lowest BCUT2D eigenvalue weighted by atomic mass is 10.2. The SMILES string of the molecule is CCN(CC)c1ccc(Nc2cc(C(=O)Nc3ccc(F)cc3)ccn2)cc1. The summed E-state index contributed by atoms with van der Waals surface area (Å²) in [7, 11) is 0. The Labute approximate surface area is 164 Å². The summed E-state index contributed by atoms with van der Waals surface area (Å²) >= 11 is 0. The first kappa shape index (κ1) is 19.4. The van der Waals surface area contributed by atoms with Crippen molar-refractivity contribution < 1.29 is 9.18 Å². The summed E-state index contributed by atoms with van der Waals surface area (Å²) in [5, 5.41) is 5.96. The average Bonchev–Trinajstić information content (AvgIpc) is 2.72. The largest absolute Gasteiger partial charge is 0.372 e. The summed E-state index contributed by atoms with van der Waals surface area (Å²) in [6.45, 7) is 6.16. The van der Waals surface area contributed by atoms with Crippen molar-refractivity contribution in [1.29, 1.82) is 0 Å². The second-order valence-electron chi connectivity index (χ2n) is 6.23. The topological polar surface area (TPSA) is 57.3 Å². The van der Waals surface area contributed by atoms with E-state index in [9.17, 15) is 9.18 Å². The first-order valence-electron chi connectivity index (χ1n) is 9.24. The maximum atomic E-state index is 13.0. The van der Waals surface area contributed by atoms with Crippen LogP contribution in [-0.2, 0) is 0 Å². The third-order valence-electron chi connectivity index (χ3n) is 4.39. The fourth-order valence-corrected chi connectivity index (χ4v) is 2.87. The first-order valence-corrected chi connectivity index (χ1v) is 9.24. The van der Waals surface area contributed by atoms with Crippen LogP contribution >= 0.6 is 0 Å². The molecule has 2 N–H and O–H groups in total. The Morgan fingerprint density at radius 2 is 1.61 bits per heavy atom. The number of benzene rings is 2. The minimum Gasteiger partial charge on any atom is -0.372 e. The molecule has 1 amide bonds. The number of carbonyl (C=O) groups is 1. The standard InChI is InChI=1S/C22H23FN4O/c1-3-27(4-2)20-11-9-18(10-12-20)25-21-15-16(13-14-24-21)22(28)26-19-7-5-17(23)6-8-19/h5-15H,3-4H2,1-2H3,(H,24,25)(H,26,28). The summed E-state index contributed by atoms with van der Waals surface area (Å²) in [5.74, 6) is -0.0586. The number of amides is 1. The van der Waals surface area contributed by atoms with Crippen molar-refractivity contribution in [2.45, 2.75) is 13.8 Å². The van der Waals surface area contributed by atoms with Gasteiger partial charge in [-0.15, -0.1) is 0 Å². The molecule has 1 heterocycles. The molecule has 0 fully saturated rings. The summed E-state index contributed by atoms with van der Waals surface area (Å²) in [6.07, 6.45) is 1.58. The number of anilines is 4. The Bertz CT molecular complexity index is 922. The molecule has 6 heteroatoms. The Kier molecular flexibility index (Phi) is 6.22. The average molecular weight is 378 g/mol. The molecule has 144 valence electrons. The van der Waals surface area contributed by atoms with Crippen LogP contribution in [0.25, 0.3) is 0 Å². The zero-order chi connectivity index (χ0) is 19.9. The predicted molar refractivity (Wildman–Crippen MR) is 112 cm³/mol. The third-order valence-corrected chi connectivity index (χ3v) is 4.39. The zero-order valence-electron chi connectivity index (χ0n) is 15.9. The minimum atomic E-state index is -0.347. The Morgan fingerprint density at radius 3 is 2.25 bits per heavy atom. The van der Waals surface area contributed by atoms with Crippen LogP contribution < -0.4 is 15.5 Å². The van der Waals surface area contributed by atoms with Crippen LogP contribution in [0.5, 0.6) is 0 Å². The molecule has 5 nitrogen and oxygen atoms in total. The summed E-state index contributed by atoms with van der Waals surface area (Å²) in [5.41, 5.74) is 3.04. The number of aromatic nitrogens is 1. The summed E-state index contributed by atoms with van der Waals surface area (Å²) in [4.78, 5) is 19.0. The predicted octanol–water partition coefficient (Wildman–Crippen LogP) is 5.06. The van der Waals surface area contributed by atoms with Gasteiger partial charge in [-0.3, -0.25) is 4.79 Å². The van der Waals surface area contributed by atoms with Gasteiger partial charge in [-0.1, -0.05) is 0 Å². The van der Waals surface area contributed by atoms with Gasteiger partial charge in [0.05, 0.1) is 0 Å². The van der Waals surface area contributed by atoms with Crippen molar-refractivity contribution in [3.8, 4) is 0 Å². The van der Waals surface area contributed by atoms with Gasteiger partial charge in [0.15, 0.2) is 0 Å². The van der Waals surface area contributed by atoms with Crippen LogP contribution in [-0.4, -0.2) is 24.0 Å². The van der Waals surface area contributed by atoms with Crippen molar-refractivity contribution >= 4 is 28.8 Å². The summed E-state index contributed by atoms with van der Waals surface area (Å²) in [6, 6.07) is 17.0. The van der Waals surface area contributed by atoms with E-state index in [-0.39, 0.29) is 11.7 Å². The van der Waals surface area contributed by atoms with E-state index in [1.54, 1.807) is 18.3 Å². The van der Waals surface area contributed by atoms with Gasteiger partial charge in [0.25, 0.3) is 5.91 Å². The molecule has 3 rings (SSSR count). The van der Waals surface area contributed by atoms with Crippen molar-refractivity contribution in [1.82, 2.24) is 4.98 Å². The number of carbonyl (C=O) groups excluding carboxylic acids is 1. The number of hydrogen-bond acceptors (Lipinski definition) is 4. The fourth-order valence-electron chi connectivity index (χ4n) is 2.87. The molecule has 3 aromatic rings. The molecule has 0 unspecified atom stereocenters. The molecule has 0 saturated heterocycles. The highest BCUT2D eigenvalue weighted by molar-refractivity contribution is 6.04. The number of rotatable bonds is 7. The molecule has 0 aliphatic rings. The van der Waals surface area contributed by atoms with Gasteiger partial charge < -0.3 is 15.5 Å². The number of nitrogens with zero attached hydrogens (tertiary/aromatic N) is 2. The van der Waals surface area contributed by atoms with Gasteiger partial charge >= 0.3 is 0 Å². The smallest absolute Gasteiger partial charge is 0.255 e. The Balaban J connectivity index is 1.69. The molecular formula is C22H23FN4O. The van der Waals surface area contributed by atoms with Crippen molar-refractivity contribution in [3.63, 3.8) is 0 Å². The van der Waals surface area contributed by atoms with Crippen LogP contribution in [0.15, 0.2) is 66.9 Å². The molecule has 0 spiro atoms. The highest BCUT2D eigenvalue weighted by Crippen LogP contribution is 2.21. The maximum absolute atomic E-state index is 13.0. The third kappa shape index (κ3) is 4.85. The molecule has 0 radical (unpaired) electrons. The highest BCUT2D eigenvalue weighted by atomic mass is 19.1. The van der Waals surface area contributed by atoms with Gasteiger partial charge in [0, 0.05) is 41.9 Å². The number of pyridine rings is 1. The molecule has 2 aromatic carbocycles. The molecule has 0 aliphatic heterocycles. The number of hydrogen-bond donors (Lipinski definition) is 2. The van der Waals surface area contributed by atoms with Crippen LogP contribution in [0, 0.1) is 5.82 Å². The molecule has 28 heavy (non-hydrogen) atoms. The van der Waals surface area contributed by atoms with Gasteiger partial charge in [0.2, 0.25) is 0 Å². The van der Waals surface area contributed by atoms with Gasteiger partial charge in [0.1, 0.15) is 11.6 Å². The van der Waals surface area contributed by atoms with Gasteiger partial charge in [-0.25, -0.2) is 9.37 Å². The lowest BCUT2D eigenvalue weighted by molar-refractivity contribution is 0.102. The molecule has 1 aromatic heterocycles. The van der Waals surface area contributed by atoms with Crippen LogP contribution in [0.3, 0.4) is 0 Å². The van der Waals surface area contributed by atoms with E-state index in [0.717, 1.165) is 24.5 Å². The zero-order valence-corrected chi connectivity index (χ0v) is 15.9. The minimum absolute atomic E-state index is 0.283. The number of nitrogens with one attached hydrogen (secondary N) is 2. The van der Waals surface area contributed by atoms with Crippen molar-refractivity contribution in [2.24, 2.45) is 0 Å². The fraction of sp³-hybridized carbons (Fsp3) is 0.182. The van der Waals surface area contributed by atoms with Crippen LogP contribution in [0.1, 0.15) is 24.2 Å². The van der Waals surface area contributed by atoms with E-state index in [1.807, 2.05) is 12.1 Å². The van der Waals surface area contributed by atoms with Gasteiger partial charge in [-0.2, -0.15) is 0 Å². The van der Waals surface area contributed by atoms with Crippen molar-refractivity contribution in [2.75, 3.05) is 28.6 Å². The second kappa shape index (κ2) is 8.99. The van der Waals surface area contributed by atoms with E-state index < -0.39 is 0 Å².